The minimum atomic E-state index is -0.462. The van der Waals surface area contributed by atoms with Crippen molar-refractivity contribution in [3.05, 3.63) is 48.5 Å². The maximum absolute atomic E-state index is 11.3. The second-order valence-electron chi connectivity index (χ2n) is 4.21. The Balaban J connectivity index is 0.00000220. The van der Waals surface area contributed by atoms with Crippen molar-refractivity contribution in [2.24, 2.45) is 0 Å². The first kappa shape index (κ1) is 19.7. The summed E-state index contributed by atoms with van der Waals surface area (Å²) in [5.74, 6) is 0. The molecular weight excluding hydrogens is 306 g/mol. The van der Waals surface area contributed by atoms with Crippen LogP contribution in [-0.4, -0.2) is 18.2 Å². The molecule has 2 rings (SSSR count). The summed E-state index contributed by atoms with van der Waals surface area (Å²) >= 11 is 0. The number of hydrogen-bond donors (Lipinski definition) is 3. The molecule has 7 N–H and O–H groups in total. The van der Waals surface area contributed by atoms with E-state index in [2.05, 4.69) is 16.4 Å². The summed E-state index contributed by atoms with van der Waals surface area (Å²) in [6, 6.07) is 15.3. The average molecular weight is 326 g/mol. The molecule has 0 radical (unpaired) electrons. The predicted molar refractivity (Wildman–Crippen MR) is 83.0 cm³/mol. The Morgan fingerprint density at radius 1 is 1.14 bits per heavy atom. The predicted octanol–water partition coefficient (Wildman–Crippen LogP) is -0.949. The molecule has 120 valence electrons. The number of carbonyl (C=O) groups is 1. The first-order valence-corrected chi connectivity index (χ1v) is 6.41. The van der Waals surface area contributed by atoms with Gasteiger partial charge in [-0.2, -0.15) is 0 Å². The Morgan fingerprint density at radius 3 is 2.41 bits per heavy atom. The third-order valence-corrected chi connectivity index (χ3v) is 2.68. The third-order valence-electron chi connectivity index (χ3n) is 2.68. The Morgan fingerprint density at radius 2 is 1.82 bits per heavy atom. The molecule has 0 aromatic heterocycles. The van der Waals surface area contributed by atoms with Crippen LogP contribution in [0.3, 0.4) is 0 Å². The highest BCUT2D eigenvalue weighted by Crippen LogP contribution is 2.24. The summed E-state index contributed by atoms with van der Waals surface area (Å²) in [6.45, 7) is 2.11. The van der Waals surface area contributed by atoms with Gasteiger partial charge < -0.3 is 33.7 Å². The summed E-state index contributed by atoms with van der Waals surface area (Å²) in [4.78, 5) is 11.3. The molecular formula is C15H20ClN3O3. The standard InChI is InChI=1S/C15H17N3O2.ClH.H2O/c1-2-20-15(19)18-12-8-9-14(13(16)10-12)17-11-6-4-3-5-7-11;;/h3-10,17H,2,16H2,1H3,(H,18,19);1H;1H2. The molecule has 7 heteroatoms. The third kappa shape index (κ3) is 5.61. The van der Waals surface area contributed by atoms with Gasteiger partial charge in [0.05, 0.1) is 12.3 Å². The number of benzene rings is 2. The number of para-hydroxylation sites is 1. The van der Waals surface area contributed by atoms with Crippen molar-refractivity contribution < 1.29 is 33.1 Å². The smallest absolute Gasteiger partial charge is 0.411 e. The zero-order chi connectivity index (χ0) is 14.4. The van der Waals surface area contributed by atoms with Crippen molar-refractivity contribution in [1.82, 2.24) is 0 Å². The van der Waals surface area contributed by atoms with Gasteiger partial charge in [-0.1, -0.05) is 18.2 Å². The molecule has 0 spiro atoms. The van der Waals surface area contributed by atoms with Crippen molar-refractivity contribution >= 4 is 28.8 Å². The Bertz CT molecular complexity index is 594. The first-order chi connectivity index (χ1) is 9.69. The average Bonchev–Trinajstić information content (AvgIpc) is 2.43. The summed E-state index contributed by atoms with van der Waals surface area (Å²) < 4.78 is 4.83. The van der Waals surface area contributed by atoms with Crippen molar-refractivity contribution in [3.63, 3.8) is 0 Å². The van der Waals surface area contributed by atoms with Gasteiger partial charge in [-0.25, -0.2) is 4.79 Å². The van der Waals surface area contributed by atoms with Crippen molar-refractivity contribution in [1.29, 1.82) is 0 Å². The fraction of sp³-hybridized carbons (Fsp3) is 0.133. The number of amides is 1. The maximum Gasteiger partial charge on any atom is 0.411 e. The lowest BCUT2D eigenvalue weighted by molar-refractivity contribution is -0.253. The minimum absolute atomic E-state index is 0. The van der Waals surface area contributed by atoms with Crippen LogP contribution in [0.5, 0.6) is 0 Å². The number of carbonyl (C=O) groups excluding carboxylic acids is 1. The minimum Gasteiger partial charge on any atom is -1.00 e. The van der Waals surface area contributed by atoms with E-state index >= 15 is 0 Å². The van der Waals surface area contributed by atoms with Gasteiger partial charge in [0.15, 0.2) is 5.69 Å². The van der Waals surface area contributed by atoms with E-state index in [1.807, 2.05) is 36.4 Å². The first-order valence-electron chi connectivity index (χ1n) is 6.41. The topological polar surface area (TPSA) is 110 Å². The highest BCUT2D eigenvalue weighted by molar-refractivity contribution is 5.86. The second-order valence-corrected chi connectivity index (χ2v) is 4.21. The molecule has 0 fully saturated rings. The summed E-state index contributed by atoms with van der Waals surface area (Å²) in [5.41, 5.74) is 7.31. The Hall–Kier alpha value is -2.28. The van der Waals surface area contributed by atoms with Crippen LogP contribution >= 0.6 is 0 Å². The van der Waals surface area contributed by atoms with Crippen LogP contribution in [0.15, 0.2) is 48.5 Å². The quantitative estimate of drug-likeness (QED) is 0.674. The van der Waals surface area contributed by atoms with Crippen molar-refractivity contribution in [3.8, 4) is 0 Å². The molecule has 0 aliphatic carbocycles. The largest absolute Gasteiger partial charge is 1.00 e. The van der Waals surface area contributed by atoms with Crippen LogP contribution in [0.1, 0.15) is 6.92 Å². The Kier molecular flexibility index (Phi) is 8.62. The molecule has 0 bridgehead atoms. The normalized spacial score (nSPS) is 9.00. The molecule has 0 heterocycles. The van der Waals surface area contributed by atoms with Crippen LogP contribution in [0.25, 0.3) is 0 Å². The zero-order valence-corrected chi connectivity index (χ0v) is 13.0. The summed E-state index contributed by atoms with van der Waals surface area (Å²) in [6.07, 6.45) is -0.462. The molecule has 1 amide bonds. The number of anilines is 3. The molecule has 0 saturated heterocycles. The van der Waals surface area contributed by atoms with E-state index in [0.29, 0.717) is 12.3 Å². The van der Waals surface area contributed by atoms with Crippen molar-refractivity contribution in [2.75, 3.05) is 17.2 Å². The lowest BCUT2D eigenvalue weighted by atomic mass is 10.2. The summed E-state index contributed by atoms with van der Waals surface area (Å²) in [7, 11) is 0. The molecule has 0 aliphatic heterocycles. The van der Waals surface area contributed by atoms with Crippen LogP contribution in [0, 0.1) is 0 Å². The van der Waals surface area contributed by atoms with Crippen LogP contribution in [-0.2, 0) is 4.74 Å². The van der Waals surface area contributed by atoms with E-state index in [-0.39, 0.29) is 17.9 Å². The van der Waals surface area contributed by atoms with Crippen LogP contribution in [0.4, 0.5) is 27.5 Å². The fourth-order valence-corrected chi connectivity index (χ4v) is 1.76. The zero-order valence-electron chi connectivity index (χ0n) is 12.2. The van der Waals surface area contributed by atoms with Gasteiger partial charge in [0.25, 0.3) is 0 Å². The maximum atomic E-state index is 11.3. The van der Waals surface area contributed by atoms with E-state index in [9.17, 15) is 4.79 Å². The lowest BCUT2D eigenvalue weighted by Crippen LogP contribution is -3.00. The molecule has 0 unspecified atom stereocenters. The van der Waals surface area contributed by atoms with E-state index in [1.54, 1.807) is 19.1 Å². The number of quaternary nitrogens is 1. The molecule has 2 aromatic rings. The van der Waals surface area contributed by atoms with E-state index in [0.717, 1.165) is 17.1 Å². The van der Waals surface area contributed by atoms with Crippen LogP contribution < -0.4 is 28.8 Å². The molecule has 6 nitrogen and oxygen atoms in total. The van der Waals surface area contributed by atoms with Gasteiger partial charge in [-0.3, -0.25) is 5.32 Å². The SMILES string of the molecule is CCOC(=O)Nc1ccc(Nc2ccccc2)c([NH3+])c1.O.[Cl-]. The lowest BCUT2D eigenvalue weighted by Gasteiger charge is -2.09. The molecule has 0 atom stereocenters. The summed E-state index contributed by atoms with van der Waals surface area (Å²) in [5, 5.41) is 5.92. The molecule has 0 aliphatic rings. The number of hydrogen-bond acceptors (Lipinski definition) is 3. The van der Waals surface area contributed by atoms with Crippen molar-refractivity contribution in [2.45, 2.75) is 6.92 Å². The van der Waals surface area contributed by atoms with E-state index in [1.165, 1.54) is 0 Å². The van der Waals surface area contributed by atoms with E-state index in [4.69, 9.17) is 4.74 Å². The fourth-order valence-electron chi connectivity index (χ4n) is 1.76. The van der Waals surface area contributed by atoms with Gasteiger partial charge in [-0.05, 0) is 31.2 Å². The number of nitrogens with one attached hydrogen (secondary N) is 2. The number of halogens is 1. The molecule has 22 heavy (non-hydrogen) atoms. The van der Waals surface area contributed by atoms with Gasteiger partial charge >= 0.3 is 6.09 Å². The monoisotopic (exact) mass is 325 g/mol. The van der Waals surface area contributed by atoms with E-state index < -0.39 is 6.09 Å². The van der Waals surface area contributed by atoms with Crippen LogP contribution in [0.2, 0.25) is 0 Å². The van der Waals surface area contributed by atoms with Gasteiger partial charge in [0.2, 0.25) is 0 Å². The number of rotatable bonds is 4. The highest BCUT2D eigenvalue weighted by Gasteiger charge is 2.07. The Labute approximate surface area is 135 Å². The molecule has 0 saturated carbocycles. The van der Waals surface area contributed by atoms with Gasteiger partial charge in [0, 0.05) is 11.8 Å². The van der Waals surface area contributed by atoms with Gasteiger partial charge in [-0.15, -0.1) is 0 Å². The second kappa shape index (κ2) is 9.62. The van der Waals surface area contributed by atoms with Gasteiger partial charge in [0.1, 0.15) is 5.69 Å². The number of ether oxygens (including phenoxy) is 1. The highest BCUT2D eigenvalue weighted by atomic mass is 35.5. The molecule has 2 aromatic carbocycles.